The largest absolute Gasteiger partial charge is 0.457 e. The predicted octanol–water partition coefficient (Wildman–Crippen LogP) is 12.7. The normalized spacial score (nSPS) is 13.5. The Kier molecular flexibility index (Phi) is 6.17. The molecule has 3 nitrogen and oxygen atoms in total. The summed E-state index contributed by atoms with van der Waals surface area (Å²) >= 11 is 0. The van der Waals surface area contributed by atoms with Gasteiger partial charge in [0.2, 0.25) is 0 Å². The van der Waals surface area contributed by atoms with Crippen molar-refractivity contribution in [3.8, 4) is 50.9 Å². The van der Waals surface area contributed by atoms with Gasteiger partial charge in [-0.15, -0.1) is 0 Å². The fraction of sp³-hybridized carbons (Fsp3) is 0.0204. The van der Waals surface area contributed by atoms with Crippen LogP contribution < -0.4 is 9.47 Å². The Morgan fingerprint density at radius 3 is 1.75 bits per heavy atom. The molecule has 0 amide bonds. The third-order valence-electron chi connectivity index (χ3n) is 10.9. The van der Waals surface area contributed by atoms with E-state index in [9.17, 15) is 0 Å². The second-order valence-corrected chi connectivity index (χ2v) is 13.6. The van der Waals surface area contributed by atoms with Crippen molar-refractivity contribution in [1.82, 2.24) is 4.57 Å². The smallest absolute Gasteiger partial charge is 0.132 e. The van der Waals surface area contributed by atoms with Crippen molar-refractivity contribution in [3.63, 3.8) is 0 Å². The lowest BCUT2D eigenvalue weighted by atomic mass is 9.62. The predicted molar refractivity (Wildman–Crippen MR) is 210 cm³/mol. The monoisotopic (exact) mass is 665 g/mol. The molecule has 2 aliphatic heterocycles. The first-order valence-electron chi connectivity index (χ1n) is 17.8. The van der Waals surface area contributed by atoms with Crippen LogP contribution in [0.5, 0.6) is 23.0 Å². The molecule has 3 heteroatoms. The second kappa shape index (κ2) is 11.1. The van der Waals surface area contributed by atoms with Crippen LogP contribution in [0.4, 0.5) is 0 Å². The summed E-state index contributed by atoms with van der Waals surface area (Å²) in [4.78, 5) is 0. The number of benzene rings is 8. The van der Waals surface area contributed by atoms with E-state index >= 15 is 0 Å². The molecule has 3 heterocycles. The summed E-state index contributed by atoms with van der Waals surface area (Å²) in [6, 6.07) is 66.9. The molecule has 0 N–H and O–H groups in total. The minimum absolute atomic E-state index is 0.674. The van der Waals surface area contributed by atoms with Crippen molar-refractivity contribution in [2.75, 3.05) is 0 Å². The molecule has 1 aromatic heterocycles. The molecule has 8 aromatic carbocycles. The Morgan fingerprint density at radius 2 is 0.962 bits per heavy atom. The van der Waals surface area contributed by atoms with Crippen molar-refractivity contribution in [2.24, 2.45) is 0 Å². The Morgan fingerprint density at radius 1 is 0.365 bits per heavy atom. The fourth-order valence-electron chi connectivity index (χ4n) is 8.76. The van der Waals surface area contributed by atoms with Crippen molar-refractivity contribution in [3.05, 3.63) is 210 Å². The number of rotatable bonds is 3. The summed E-state index contributed by atoms with van der Waals surface area (Å²) in [6.07, 6.45) is 0. The number of aromatic nitrogens is 1. The third-order valence-corrected chi connectivity index (χ3v) is 10.9. The average Bonchev–Trinajstić information content (AvgIpc) is 3.56. The molecule has 1 spiro atoms. The summed E-state index contributed by atoms with van der Waals surface area (Å²) in [5.41, 5.74) is 11.8. The molecule has 0 bridgehead atoms. The summed E-state index contributed by atoms with van der Waals surface area (Å²) in [6.45, 7) is 0. The highest BCUT2D eigenvalue weighted by atomic mass is 16.5. The van der Waals surface area contributed by atoms with E-state index in [1.807, 2.05) is 0 Å². The quantitative estimate of drug-likeness (QED) is 0.187. The molecule has 9 aromatic rings. The maximum atomic E-state index is 7.02. The number of nitrogens with zero attached hydrogens (tertiary/aromatic N) is 1. The first-order chi connectivity index (χ1) is 25.8. The second-order valence-electron chi connectivity index (χ2n) is 13.6. The van der Waals surface area contributed by atoms with E-state index in [1.54, 1.807) is 0 Å². The van der Waals surface area contributed by atoms with Gasteiger partial charge in [-0.2, -0.15) is 0 Å². The van der Waals surface area contributed by atoms with Gasteiger partial charge in [0, 0.05) is 38.7 Å². The van der Waals surface area contributed by atoms with Crippen LogP contribution in [-0.4, -0.2) is 4.57 Å². The van der Waals surface area contributed by atoms with Gasteiger partial charge in [0.1, 0.15) is 23.0 Å². The zero-order valence-electron chi connectivity index (χ0n) is 28.2. The van der Waals surface area contributed by atoms with Gasteiger partial charge in [-0.3, -0.25) is 0 Å². The molecule has 0 atom stereocenters. The molecule has 0 saturated carbocycles. The average molecular weight is 666 g/mol. The summed E-state index contributed by atoms with van der Waals surface area (Å²) in [5.74, 6) is 3.39. The first-order valence-corrected chi connectivity index (χ1v) is 17.8. The molecule has 0 aliphatic carbocycles. The van der Waals surface area contributed by atoms with E-state index in [-0.39, 0.29) is 0 Å². The van der Waals surface area contributed by atoms with Gasteiger partial charge in [0.25, 0.3) is 0 Å². The lowest BCUT2D eigenvalue weighted by Crippen LogP contribution is -2.36. The molecule has 2 aliphatic rings. The molecule has 0 radical (unpaired) electrons. The van der Waals surface area contributed by atoms with Crippen LogP contribution in [0.25, 0.3) is 49.7 Å². The molecule has 0 fully saturated rings. The molecule has 0 unspecified atom stereocenters. The summed E-state index contributed by atoms with van der Waals surface area (Å²) in [5, 5.41) is 2.44. The lowest BCUT2D eigenvalue weighted by molar-refractivity contribution is 0.399. The SMILES string of the molecule is c1ccc(-c2ccc3c(c2)C2(c4ccccc4Oc4ccccc42)c2ccc(-c4cccc5c4c4ccccc4n5-c4ccccc4)cc2O3)cc1. The highest BCUT2D eigenvalue weighted by Crippen LogP contribution is 2.62. The Bertz CT molecular complexity index is 2810. The van der Waals surface area contributed by atoms with E-state index in [0.29, 0.717) is 0 Å². The Balaban J connectivity index is 1.19. The maximum Gasteiger partial charge on any atom is 0.132 e. The maximum absolute atomic E-state index is 7.02. The number of hydrogen-bond acceptors (Lipinski definition) is 2. The molecular weight excluding hydrogens is 635 g/mol. The number of fused-ring (bicyclic) bond motifs is 11. The zero-order valence-corrected chi connectivity index (χ0v) is 28.2. The van der Waals surface area contributed by atoms with Gasteiger partial charge in [-0.1, -0.05) is 133 Å². The zero-order chi connectivity index (χ0) is 34.2. The van der Waals surface area contributed by atoms with E-state index in [0.717, 1.165) is 67.6 Å². The van der Waals surface area contributed by atoms with Gasteiger partial charge >= 0.3 is 0 Å². The van der Waals surface area contributed by atoms with Crippen molar-refractivity contribution in [1.29, 1.82) is 0 Å². The molecule has 11 rings (SSSR count). The third kappa shape index (κ3) is 4.02. The van der Waals surface area contributed by atoms with E-state index < -0.39 is 5.41 Å². The Labute approximate surface area is 301 Å². The standard InChI is InChI=1S/C49H31NO2/c1-3-14-32(15-4-1)33-27-29-46-41(30-33)49(38-20-8-11-24-44(38)51-45-25-12-9-21-39(45)49)40-28-26-34(31-47(40)52-46)36-19-13-23-43-48(36)37-18-7-10-22-42(37)50(43)35-16-5-2-6-17-35/h1-31H. The van der Waals surface area contributed by atoms with E-state index in [4.69, 9.17) is 9.47 Å². The molecule has 0 saturated heterocycles. The van der Waals surface area contributed by atoms with Crippen molar-refractivity contribution >= 4 is 21.8 Å². The van der Waals surface area contributed by atoms with E-state index in [1.165, 1.54) is 27.4 Å². The first kappa shape index (κ1) is 28.9. The van der Waals surface area contributed by atoms with Crippen molar-refractivity contribution < 1.29 is 9.47 Å². The van der Waals surface area contributed by atoms with Gasteiger partial charge in [-0.05, 0) is 76.9 Å². The van der Waals surface area contributed by atoms with Crippen LogP contribution in [0.1, 0.15) is 22.3 Å². The minimum atomic E-state index is -0.674. The minimum Gasteiger partial charge on any atom is -0.457 e. The summed E-state index contributed by atoms with van der Waals surface area (Å²) in [7, 11) is 0. The summed E-state index contributed by atoms with van der Waals surface area (Å²) < 4.78 is 16.0. The van der Waals surface area contributed by atoms with Crippen molar-refractivity contribution in [2.45, 2.75) is 5.41 Å². The molecule has 244 valence electrons. The van der Waals surface area contributed by atoms with Crippen LogP contribution in [-0.2, 0) is 5.41 Å². The van der Waals surface area contributed by atoms with Gasteiger partial charge in [0.15, 0.2) is 0 Å². The highest BCUT2D eigenvalue weighted by Gasteiger charge is 2.50. The number of hydrogen-bond donors (Lipinski definition) is 0. The fourth-order valence-corrected chi connectivity index (χ4v) is 8.76. The topological polar surface area (TPSA) is 23.4 Å². The Hall–Kier alpha value is -6.84. The number of para-hydroxylation sites is 4. The highest BCUT2D eigenvalue weighted by molar-refractivity contribution is 6.15. The van der Waals surface area contributed by atoms with Gasteiger partial charge in [0.05, 0.1) is 16.4 Å². The van der Waals surface area contributed by atoms with Crippen LogP contribution in [0.3, 0.4) is 0 Å². The van der Waals surface area contributed by atoms with Gasteiger partial charge < -0.3 is 14.0 Å². The van der Waals surface area contributed by atoms with Crippen LogP contribution in [0.2, 0.25) is 0 Å². The van der Waals surface area contributed by atoms with Crippen LogP contribution in [0, 0.1) is 0 Å². The van der Waals surface area contributed by atoms with Crippen LogP contribution in [0.15, 0.2) is 188 Å². The molecule has 52 heavy (non-hydrogen) atoms. The van der Waals surface area contributed by atoms with E-state index in [2.05, 4.69) is 193 Å². The lowest BCUT2D eigenvalue weighted by Gasteiger charge is -2.45. The van der Waals surface area contributed by atoms with Gasteiger partial charge in [-0.25, -0.2) is 0 Å². The number of ether oxygens (including phenoxy) is 2. The van der Waals surface area contributed by atoms with Crippen LogP contribution >= 0.6 is 0 Å². The molecular formula is C49H31NO2.